The Morgan fingerprint density at radius 2 is 2.28 bits per heavy atom. The number of aliphatic imine (C=N–C) groups is 1. The van der Waals surface area contributed by atoms with Crippen LogP contribution < -0.4 is 16.0 Å². The first-order valence-corrected chi connectivity index (χ1v) is 5.80. The van der Waals surface area contributed by atoms with Gasteiger partial charge in [-0.15, -0.1) is 0 Å². The molecule has 0 atom stereocenters. The first-order valence-electron chi connectivity index (χ1n) is 5.80. The zero-order chi connectivity index (χ0) is 13.5. The quantitative estimate of drug-likeness (QED) is 0.465. The highest BCUT2D eigenvalue weighted by Gasteiger charge is 2.04. The van der Waals surface area contributed by atoms with Crippen molar-refractivity contribution < 1.29 is 0 Å². The lowest BCUT2D eigenvalue weighted by Crippen LogP contribution is -2.32. The third-order valence-electron chi connectivity index (χ3n) is 2.28. The van der Waals surface area contributed by atoms with Gasteiger partial charge >= 0.3 is 0 Å². The molecule has 5 nitrogen and oxygen atoms in total. The molecule has 0 aliphatic rings. The van der Waals surface area contributed by atoms with E-state index >= 15 is 0 Å². The lowest BCUT2D eigenvalue weighted by Gasteiger charge is -2.14. The van der Waals surface area contributed by atoms with Gasteiger partial charge in [0, 0.05) is 32.4 Å². The normalized spacial score (nSPS) is 11.2. The summed E-state index contributed by atoms with van der Waals surface area (Å²) in [7, 11) is 3.91. The summed E-state index contributed by atoms with van der Waals surface area (Å²) < 4.78 is 0. The summed E-state index contributed by atoms with van der Waals surface area (Å²) in [4.78, 5) is 10.6. The summed E-state index contributed by atoms with van der Waals surface area (Å²) in [6, 6.07) is 3.90. The van der Waals surface area contributed by atoms with Crippen molar-refractivity contribution in [3.8, 4) is 0 Å². The van der Waals surface area contributed by atoms with E-state index in [4.69, 9.17) is 5.73 Å². The predicted octanol–water partition coefficient (Wildman–Crippen LogP) is 1.13. The number of hydrogen-bond donors (Lipinski definition) is 2. The molecule has 0 fully saturated rings. The van der Waals surface area contributed by atoms with Crippen molar-refractivity contribution in [2.75, 3.05) is 25.5 Å². The molecule has 1 aromatic rings. The fraction of sp³-hybridized carbons (Fsp3) is 0.385. The Labute approximate surface area is 108 Å². The third kappa shape index (κ3) is 4.45. The van der Waals surface area contributed by atoms with Crippen LogP contribution in [0.5, 0.6) is 0 Å². The minimum atomic E-state index is 0.423. The number of aromatic nitrogens is 1. The van der Waals surface area contributed by atoms with Crippen LogP contribution in [0.3, 0.4) is 0 Å². The SMILES string of the molecule is C=C(C)CNC(N)=NCc1cccnc1N(C)C. The van der Waals surface area contributed by atoms with E-state index < -0.39 is 0 Å². The molecule has 1 heterocycles. The molecule has 1 rings (SSSR count). The number of hydrogen-bond acceptors (Lipinski definition) is 3. The van der Waals surface area contributed by atoms with Crippen molar-refractivity contribution >= 4 is 11.8 Å². The van der Waals surface area contributed by atoms with E-state index in [1.165, 1.54) is 0 Å². The van der Waals surface area contributed by atoms with Gasteiger partial charge in [-0.05, 0) is 13.0 Å². The largest absolute Gasteiger partial charge is 0.370 e. The van der Waals surface area contributed by atoms with Crippen LogP contribution in [0, 0.1) is 0 Å². The van der Waals surface area contributed by atoms with Crippen LogP contribution in [-0.4, -0.2) is 31.6 Å². The van der Waals surface area contributed by atoms with Gasteiger partial charge in [0.25, 0.3) is 0 Å². The van der Waals surface area contributed by atoms with Gasteiger partial charge < -0.3 is 16.0 Å². The fourth-order valence-corrected chi connectivity index (χ4v) is 1.42. The van der Waals surface area contributed by atoms with Gasteiger partial charge in [-0.1, -0.05) is 18.2 Å². The zero-order valence-corrected chi connectivity index (χ0v) is 11.3. The van der Waals surface area contributed by atoms with E-state index in [0.29, 0.717) is 19.0 Å². The number of anilines is 1. The molecule has 5 heteroatoms. The minimum Gasteiger partial charge on any atom is -0.370 e. The van der Waals surface area contributed by atoms with Gasteiger partial charge in [-0.2, -0.15) is 0 Å². The summed E-state index contributed by atoms with van der Waals surface area (Å²) in [5.41, 5.74) is 7.82. The molecule has 0 unspecified atom stereocenters. The highest BCUT2D eigenvalue weighted by molar-refractivity contribution is 5.78. The zero-order valence-electron chi connectivity index (χ0n) is 11.3. The highest BCUT2D eigenvalue weighted by atomic mass is 15.1. The molecular weight excluding hydrogens is 226 g/mol. The molecule has 0 amide bonds. The number of pyridine rings is 1. The molecule has 98 valence electrons. The summed E-state index contributed by atoms with van der Waals surface area (Å²) in [5, 5.41) is 3.00. The number of nitrogens with one attached hydrogen (secondary N) is 1. The number of guanidine groups is 1. The second-order valence-electron chi connectivity index (χ2n) is 4.39. The standard InChI is InChI=1S/C13H21N5/c1-10(2)8-16-13(14)17-9-11-6-5-7-15-12(11)18(3)4/h5-7H,1,8-9H2,2-4H3,(H3,14,16,17). The van der Waals surface area contributed by atoms with Gasteiger partial charge in [-0.3, -0.25) is 0 Å². The number of nitrogens with two attached hydrogens (primary N) is 1. The van der Waals surface area contributed by atoms with Crippen LogP contribution in [0.4, 0.5) is 5.82 Å². The first kappa shape index (κ1) is 14.0. The lowest BCUT2D eigenvalue weighted by molar-refractivity contribution is 0.929. The average Bonchev–Trinajstić information content (AvgIpc) is 2.34. The molecule has 18 heavy (non-hydrogen) atoms. The molecule has 0 saturated carbocycles. The van der Waals surface area contributed by atoms with Crippen LogP contribution >= 0.6 is 0 Å². The smallest absolute Gasteiger partial charge is 0.189 e. The minimum absolute atomic E-state index is 0.423. The molecule has 0 radical (unpaired) electrons. The van der Waals surface area contributed by atoms with E-state index in [-0.39, 0.29) is 0 Å². The molecule has 0 saturated heterocycles. The molecule has 0 bridgehead atoms. The van der Waals surface area contributed by atoms with Crippen LogP contribution in [0.15, 0.2) is 35.5 Å². The van der Waals surface area contributed by atoms with Crippen LogP contribution in [0.25, 0.3) is 0 Å². The van der Waals surface area contributed by atoms with E-state index in [9.17, 15) is 0 Å². The second kappa shape index (κ2) is 6.64. The number of nitrogens with zero attached hydrogens (tertiary/aromatic N) is 3. The fourth-order valence-electron chi connectivity index (χ4n) is 1.42. The Kier molecular flexibility index (Phi) is 5.17. The highest BCUT2D eigenvalue weighted by Crippen LogP contribution is 2.14. The summed E-state index contributed by atoms with van der Waals surface area (Å²) >= 11 is 0. The molecule has 0 spiro atoms. The summed E-state index contributed by atoms with van der Waals surface area (Å²) in [5.74, 6) is 1.33. The first-order chi connectivity index (χ1) is 8.50. The Balaban J connectivity index is 2.67. The van der Waals surface area contributed by atoms with Gasteiger partial charge in [0.05, 0.1) is 6.54 Å². The number of rotatable bonds is 5. The monoisotopic (exact) mass is 247 g/mol. The van der Waals surface area contributed by atoms with Crippen LogP contribution in [0.2, 0.25) is 0 Å². The third-order valence-corrected chi connectivity index (χ3v) is 2.28. The van der Waals surface area contributed by atoms with E-state index in [1.54, 1.807) is 6.20 Å². The Hall–Kier alpha value is -2.04. The van der Waals surface area contributed by atoms with Crippen molar-refractivity contribution in [2.45, 2.75) is 13.5 Å². The maximum atomic E-state index is 5.76. The van der Waals surface area contributed by atoms with Crippen molar-refractivity contribution in [2.24, 2.45) is 10.7 Å². The van der Waals surface area contributed by atoms with E-state index in [2.05, 4.69) is 21.9 Å². The van der Waals surface area contributed by atoms with Gasteiger partial charge in [-0.25, -0.2) is 9.98 Å². The van der Waals surface area contributed by atoms with Crippen molar-refractivity contribution in [3.63, 3.8) is 0 Å². The van der Waals surface area contributed by atoms with E-state index in [1.807, 2.05) is 38.1 Å². The van der Waals surface area contributed by atoms with Crippen LogP contribution in [0.1, 0.15) is 12.5 Å². The molecule has 0 aromatic carbocycles. The van der Waals surface area contributed by atoms with Gasteiger partial charge in [0.15, 0.2) is 5.96 Å². The Morgan fingerprint density at radius 1 is 1.56 bits per heavy atom. The molecule has 0 aliphatic heterocycles. The maximum Gasteiger partial charge on any atom is 0.189 e. The summed E-state index contributed by atoms with van der Waals surface area (Å²) in [6.07, 6.45) is 1.77. The Morgan fingerprint density at radius 3 is 2.89 bits per heavy atom. The predicted molar refractivity (Wildman–Crippen MR) is 76.7 cm³/mol. The molecule has 1 aromatic heterocycles. The van der Waals surface area contributed by atoms with Gasteiger partial charge in [0.2, 0.25) is 0 Å². The summed E-state index contributed by atoms with van der Waals surface area (Å²) in [6.45, 7) is 6.88. The average molecular weight is 247 g/mol. The van der Waals surface area contributed by atoms with Crippen molar-refractivity contribution in [1.82, 2.24) is 10.3 Å². The second-order valence-corrected chi connectivity index (χ2v) is 4.39. The van der Waals surface area contributed by atoms with Gasteiger partial charge in [0.1, 0.15) is 5.82 Å². The Bertz CT molecular complexity index is 437. The lowest BCUT2D eigenvalue weighted by atomic mass is 10.2. The topological polar surface area (TPSA) is 66.5 Å². The molecule has 0 aliphatic carbocycles. The van der Waals surface area contributed by atoms with Crippen LogP contribution in [-0.2, 0) is 6.54 Å². The molecular formula is C13H21N5. The van der Waals surface area contributed by atoms with Crippen molar-refractivity contribution in [3.05, 3.63) is 36.0 Å². The van der Waals surface area contributed by atoms with Crippen molar-refractivity contribution in [1.29, 1.82) is 0 Å². The maximum absolute atomic E-state index is 5.76. The van der Waals surface area contributed by atoms with E-state index in [0.717, 1.165) is 17.0 Å². The molecule has 3 N–H and O–H groups in total.